The SMILES string of the molecule is CCOC(=O)CN1C(=O)c2ccc(N(C)C)cc2C1C#N. The van der Waals surface area contributed by atoms with E-state index in [-0.39, 0.29) is 19.1 Å². The molecule has 110 valence electrons. The smallest absolute Gasteiger partial charge is 0.325 e. The summed E-state index contributed by atoms with van der Waals surface area (Å²) in [7, 11) is 3.77. The van der Waals surface area contributed by atoms with Gasteiger partial charge < -0.3 is 14.5 Å². The molecular formula is C15H17N3O3. The van der Waals surface area contributed by atoms with Crippen LogP contribution in [-0.2, 0) is 9.53 Å². The molecule has 6 heteroatoms. The third-order valence-electron chi connectivity index (χ3n) is 3.38. The molecule has 0 radical (unpaired) electrons. The number of fused-ring (bicyclic) bond motifs is 1. The second-order valence-corrected chi connectivity index (χ2v) is 4.94. The van der Waals surface area contributed by atoms with Crippen LogP contribution in [0.2, 0.25) is 0 Å². The monoisotopic (exact) mass is 287 g/mol. The van der Waals surface area contributed by atoms with Crippen LogP contribution in [0.1, 0.15) is 28.9 Å². The number of ether oxygens (including phenoxy) is 1. The van der Waals surface area contributed by atoms with Gasteiger partial charge in [-0.2, -0.15) is 5.26 Å². The van der Waals surface area contributed by atoms with Crippen LogP contribution in [-0.4, -0.2) is 44.0 Å². The zero-order chi connectivity index (χ0) is 15.6. The Morgan fingerprint density at radius 2 is 2.19 bits per heavy atom. The molecule has 1 aliphatic rings. The van der Waals surface area contributed by atoms with Gasteiger partial charge in [0.1, 0.15) is 12.6 Å². The molecule has 0 bridgehead atoms. The molecule has 1 amide bonds. The van der Waals surface area contributed by atoms with Gasteiger partial charge in [-0.05, 0) is 25.1 Å². The standard InChI is InChI=1S/C15H17N3O3/c1-4-21-14(19)9-18-13(8-16)12-7-10(17(2)3)5-6-11(12)15(18)20/h5-7,13H,4,9H2,1-3H3. The summed E-state index contributed by atoms with van der Waals surface area (Å²) in [5.74, 6) is -0.818. The van der Waals surface area contributed by atoms with Gasteiger partial charge in [0, 0.05) is 30.9 Å². The van der Waals surface area contributed by atoms with Gasteiger partial charge >= 0.3 is 5.97 Å². The lowest BCUT2D eigenvalue weighted by molar-refractivity contribution is -0.144. The third-order valence-corrected chi connectivity index (χ3v) is 3.38. The van der Waals surface area contributed by atoms with E-state index >= 15 is 0 Å². The van der Waals surface area contributed by atoms with Gasteiger partial charge in [0.25, 0.3) is 5.91 Å². The fourth-order valence-corrected chi connectivity index (χ4v) is 2.34. The number of amides is 1. The topological polar surface area (TPSA) is 73.6 Å². The molecule has 0 aliphatic carbocycles. The summed E-state index contributed by atoms with van der Waals surface area (Å²) in [6.45, 7) is 1.73. The van der Waals surface area contributed by atoms with Crippen molar-refractivity contribution in [3.05, 3.63) is 29.3 Å². The van der Waals surface area contributed by atoms with Crippen LogP contribution < -0.4 is 4.90 Å². The Hall–Kier alpha value is -2.55. The fraction of sp³-hybridized carbons (Fsp3) is 0.400. The molecule has 1 aromatic rings. The van der Waals surface area contributed by atoms with Gasteiger partial charge in [0.2, 0.25) is 0 Å². The Labute approximate surface area is 123 Å². The lowest BCUT2D eigenvalue weighted by atomic mass is 10.0. The van der Waals surface area contributed by atoms with E-state index in [4.69, 9.17) is 4.74 Å². The van der Waals surface area contributed by atoms with Crippen LogP contribution in [0, 0.1) is 11.3 Å². The molecule has 0 saturated heterocycles. The first kappa shape index (κ1) is 14.9. The quantitative estimate of drug-likeness (QED) is 0.781. The van der Waals surface area contributed by atoms with Crippen LogP contribution in [0.15, 0.2) is 18.2 Å². The molecule has 0 fully saturated rings. The molecule has 0 N–H and O–H groups in total. The van der Waals surface area contributed by atoms with Crippen LogP contribution in [0.25, 0.3) is 0 Å². The zero-order valence-corrected chi connectivity index (χ0v) is 12.3. The molecule has 1 atom stereocenters. The van der Waals surface area contributed by atoms with Gasteiger partial charge in [-0.25, -0.2) is 0 Å². The third kappa shape index (κ3) is 2.68. The number of carbonyl (C=O) groups excluding carboxylic acids is 2. The number of hydrogen-bond acceptors (Lipinski definition) is 5. The first-order chi connectivity index (χ1) is 9.99. The molecule has 6 nitrogen and oxygen atoms in total. The van der Waals surface area contributed by atoms with Gasteiger partial charge in [0.15, 0.2) is 0 Å². The van der Waals surface area contributed by atoms with E-state index < -0.39 is 12.0 Å². The van der Waals surface area contributed by atoms with Crippen molar-refractivity contribution in [2.45, 2.75) is 13.0 Å². The maximum Gasteiger partial charge on any atom is 0.325 e. The van der Waals surface area contributed by atoms with Crippen LogP contribution >= 0.6 is 0 Å². The molecule has 0 saturated carbocycles. The molecule has 2 rings (SSSR count). The molecular weight excluding hydrogens is 270 g/mol. The minimum atomic E-state index is -0.753. The summed E-state index contributed by atoms with van der Waals surface area (Å²) < 4.78 is 4.86. The van der Waals surface area contributed by atoms with Crippen molar-refractivity contribution in [3.8, 4) is 6.07 Å². The van der Waals surface area contributed by atoms with Crippen molar-refractivity contribution < 1.29 is 14.3 Å². The summed E-state index contributed by atoms with van der Waals surface area (Å²) in [5.41, 5.74) is 2.01. The number of carbonyl (C=O) groups is 2. The van der Waals surface area contributed by atoms with Gasteiger partial charge in [-0.3, -0.25) is 9.59 Å². The molecule has 1 heterocycles. The Morgan fingerprint density at radius 3 is 2.76 bits per heavy atom. The second kappa shape index (κ2) is 5.83. The number of nitriles is 1. The lowest BCUT2D eigenvalue weighted by Gasteiger charge is -2.19. The van der Waals surface area contributed by atoms with E-state index in [1.54, 1.807) is 13.0 Å². The van der Waals surface area contributed by atoms with Crippen molar-refractivity contribution in [1.82, 2.24) is 4.90 Å². The maximum atomic E-state index is 12.3. The van der Waals surface area contributed by atoms with Crippen molar-refractivity contribution in [3.63, 3.8) is 0 Å². The summed E-state index contributed by atoms with van der Waals surface area (Å²) in [4.78, 5) is 27.1. The highest BCUT2D eigenvalue weighted by molar-refractivity contribution is 6.01. The van der Waals surface area contributed by atoms with E-state index in [2.05, 4.69) is 6.07 Å². The fourth-order valence-electron chi connectivity index (χ4n) is 2.34. The van der Waals surface area contributed by atoms with Gasteiger partial charge in [0.05, 0.1) is 12.7 Å². The van der Waals surface area contributed by atoms with E-state index in [1.165, 1.54) is 4.90 Å². The molecule has 1 aromatic carbocycles. The predicted molar refractivity (Wildman–Crippen MR) is 76.8 cm³/mol. The minimum Gasteiger partial charge on any atom is -0.465 e. The van der Waals surface area contributed by atoms with Crippen LogP contribution in [0.3, 0.4) is 0 Å². The average Bonchev–Trinajstić information content (AvgIpc) is 2.71. The molecule has 1 aliphatic heterocycles. The van der Waals surface area contributed by atoms with Crippen LogP contribution in [0.4, 0.5) is 5.69 Å². The Morgan fingerprint density at radius 1 is 1.48 bits per heavy atom. The Bertz CT molecular complexity index is 619. The molecule has 0 spiro atoms. The van der Waals surface area contributed by atoms with Gasteiger partial charge in [-0.15, -0.1) is 0 Å². The van der Waals surface area contributed by atoms with E-state index in [1.807, 2.05) is 31.1 Å². The first-order valence-corrected chi connectivity index (χ1v) is 6.67. The van der Waals surface area contributed by atoms with Crippen molar-refractivity contribution in [2.24, 2.45) is 0 Å². The van der Waals surface area contributed by atoms with Crippen molar-refractivity contribution in [2.75, 3.05) is 32.1 Å². The lowest BCUT2D eigenvalue weighted by Crippen LogP contribution is -2.33. The highest BCUT2D eigenvalue weighted by Crippen LogP contribution is 2.35. The number of anilines is 1. The second-order valence-electron chi connectivity index (χ2n) is 4.94. The summed E-state index contributed by atoms with van der Waals surface area (Å²) in [5, 5.41) is 9.36. The van der Waals surface area contributed by atoms with E-state index in [0.717, 1.165) is 5.69 Å². The van der Waals surface area contributed by atoms with Gasteiger partial charge in [-0.1, -0.05) is 0 Å². The number of nitrogens with zero attached hydrogens (tertiary/aromatic N) is 3. The average molecular weight is 287 g/mol. The number of rotatable bonds is 4. The minimum absolute atomic E-state index is 0.211. The Balaban J connectivity index is 2.34. The van der Waals surface area contributed by atoms with E-state index in [9.17, 15) is 14.9 Å². The predicted octanol–water partition coefficient (Wildman–Crippen LogP) is 1.34. The van der Waals surface area contributed by atoms with E-state index in [0.29, 0.717) is 11.1 Å². The number of benzene rings is 1. The number of esters is 1. The first-order valence-electron chi connectivity index (χ1n) is 6.67. The highest BCUT2D eigenvalue weighted by atomic mass is 16.5. The van der Waals surface area contributed by atoms with Crippen molar-refractivity contribution >= 4 is 17.6 Å². The molecule has 1 unspecified atom stereocenters. The molecule has 21 heavy (non-hydrogen) atoms. The largest absolute Gasteiger partial charge is 0.465 e. The normalized spacial score (nSPS) is 16.4. The maximum absolute atomic E-state index is 12.3. The van der Waals surface area contributed by atoms with Crippen LogP contribution in [0.5, 0.6) is 0 Å². The molecule has 0 aromatic heterocycles. The number of hydrogen-bond donors (Lipinski definition) is 0. The summed E-state index contributed by atoms with van der Waals surface area (Å²) >= 11 is 0. The zero-order valence-electron chi connectivity index (χ0n) is 12.3. The summed E-state index contributed by atoms with van der Waals surface area (Å²) in [6, 6.07) is 6.67. The summed E-state index contributed by atoms with van der Waals surface area (Å²) in [6.07, 6.45) is 0. The highest BCUT2D eigenvalue weighted by Gasteiger charge is 2.38. The Kier molecular flexibility index (Phi) is 4.13. The van der Waals surface area contributed by atoms with Crippen molar-refractivity contribution in [1.29, 1.82) is 5.26 Å².